The van der Waals surface area contributed by atoms with Gasteiger partial charge in [0.05, 0.1) is 35.2 Å². The van der Waals surface area contributed by atoms with E-state index in [2.05, 4.69) is 15.9 Å². The van der Waals surface area contributed by atoms with E-state index in [1.807, 2.05) is 4.90 Å². The Labute approximate surface area is 231 Å². The number of ether oxygens (including phenoxy) is 1. The van der Waals surface area contributed by atoms with Crippen molar-refractivity contribution in [1.82, 2.24) is 9.80 Å². The van der Waals surface area contributed by atoms with E-state index in [-0.39, 0.29) is 40.5 Å². The minimum atomic E-state index is -2.82. The van der Waals surface area contributed by atoms with Crippen LogP contribution in [0.5, 0.6) is 5.75 Å². The highest BCUT2D eigenvalue weighted by Gasteiger charge is 2.69. The highest BCUT2D eigenvalue weighted by atomic mass is 79.9. The summed E-state index contributed by atoms with van der Waals surface area (Å²) in [6.07, 6.45) is -0.270. The molecule has 6 atom stereocenters. The van der Waals surface area contributed by atoms with Crippen LogP contribution < -0.4 is 5.73 Å². The van der Waals surface area contributed by atoms with Gasteiger partial charge >= 0.3 is 0 Å². The summed E-state index contributed by atoms with van der Waals surface area (Å²) in [5.74, 6) is -12.5. The van der Waals surface area contributed by atoms with Crippen LogP contribution >= 0.6 is 15.9 Å². The summed E-state index contributed by atoms with van der Waals surface area (Å²) in [6.45, 7) is 2.23. The maximum atomic E-state index is 16.0. The van der Waals surface area contributed by atoms with Gasteiger partial charge < -0.3 is 20.7 Å². The highest BCUT2D eigenvalue weighted by molar-refractivity contribution is 9.10. The van der Waals surface area contributed by atoms with Crippen LogP contribution in [0.2, 0.25) is 0 Å². The summed E-state index contributed by atoms with van der Waals surface area (Å²) < 4.78 is 21.3. The molecule has 0 radical (unpaired) electrons. The predicted octanol–water partition coefficient (Wildman–Crippen LogP) is -0.399. The zero-order chi connectivity index (χ0) is 28.5. The highest BCUT2D eigenvalue weighted by Crippen LogP contribution is 2.52. The number of primary amides is 1. The van der Waals surface area contributed by atoms with Crippen LogP contribution in [-0.4, -0.2) is 101 Å². The molecular formula is C26H29BrFN3O8. The number of amides is 1. The van der Waals surface area contributed by atoms with E-state index in [9.17, 15) is 34.2 Å². The number of aromatic hydroxyl groups is 1. The average Bonchev–Trinajstić information content (AvgIpc) is 2.87. The van der Waals surface area contributed by atoms with Crippen molar-refractivity contribution in [1.29, 1.82) is 0 Å². The number of hydrogen-bond donors (Lipinski definition) is 3. The van der Waals surface area contributed by atoms with Gasteiger partial charge in [0.25, 0.3) is 0 Å². The number of ketones is 4. The molecule has 13 heteroatoms. The van der Waals surface area contributed by atoms with Gasteiger partial charge in [-0.1, -0.05) is 0 Å². The predicted molar refractivity (Wildman–Crippen MR) is 135 cm³/mol. The van der Waals surface area contributed by atoms with Crippen molar-refractivity contribution in [3.8, 4) is 5.75 Å². The van der Waals surface area contributed by atoms with E-state index < -0.39 is 75.9 Å². The molecule has 5 rings (SSSR count). The Bertz CT molecular complexity index is 1310. The smallest absolute Gasteiger partial charge is 0.235 e. The summed E-state index contributed by atoms with van der Waals surface area (Å²) in [4.78, 5) is 69.4. The Morgan fingerprint density at radius 2 is 1.85 bits per heavy atom. The number of benzene rings is 1. The summed E-state index contributed by atoms with van der Waals surface area (Å²) in [5, 5.41) is 22.6. The lowest BCUT2D eigenvalue weighted by Gasteiger charge is -2.52. The molecule has 0 spiro atoms. The molecule has 2 saturated carbocycles. The van der Waals surface area contributed by atoms with Crippen molar-refractivity contribution in [2.24, 2.45) is 29.4 Å². The molecule has 3 aliphatic carbocycles. The first-order chi connectivity index (χ1) is 18.3. The van der Waals surface area contributed by atoms with Crippen LogP contribution in [0.1, 0.15) is 27.9 Å². The van der Waals surface area contributed by atoms with Gasteiger partial charge in [0.1, 0.15) is 11.6 Å². The molecule has 39 heavy (non-hydrogen) atoms. The second-order valence-corrected chi connectivity index (χ2v) is 11.8. The third-order valence-electron chi connectivity index (χ3n) is 8.68. The molecule has 3 fully saturated rings. The fraction of sp³-hybridized carbons (Fsp3) is 0.577. The topological polar surface area (TPSA) is 168 Å². The maximum absolute atomic E-state index is 16.0. The van der Waals surface area contributed by atoms with Crippen molar-refractivity contribution in [3.63, 3.8) is 0 Å². The minimum Gasteiger partial charge on any atom is -0.506 e. The second-order valence-electron chi connectivity index (χ2n) is 11.0. The Morgan fingerprint density at radius 3 is 2.44 bits per heavy atom. The Hall–Kier alpha value is -2.58. The molecule has 1 amide bonds. The van der Waals surface area contributed by atoms with Gasteiger partial charge in [-0.05, 0) is 48.8 Å². The molecule has 0 bridgehead atoms. The quantitative estimate of drug-likeness (QED) is 0.382. The monoisotopic (exact) mass is 609 g/mol. The number of nitrogens with zero attached hydrogens (tertiary/aromatic N) is 2. The van der Waals surface area contributed by atoms with Crippen LogP contribution in [0.3, 0.4) is 0 Å². The largest absolute Gasteiger partial charge is 0.506 e. The molecule has 0 aromatic heterocycles. The maximum Gasteiger partial charge on any atom is 0.235 e. The molecule has 4 N–H and O–H groups in total. The third kappa shape index (κ3) is 4.00. The number of nitrogens with two attached hydrogens (primary N) is 1. The van der Waals surface area contributed by atoms with Crippen LogP contribution in [0.4, 0.5) is 4.39 Å². The van der Waals surface area contributed by atoms with E-state index in [0.717, 1.165) is 0 Å². The number of Topliss-reactive ketones (excluding diaryl/α,β-unsaturated/α-hetero) is 4. The number of phenolic OH excluding ortho intramolecular Hbond substituents is 1. The van der Waals surface area contributed by atoms with Gasteiger partial charge in [-0.3, -0.25) is 33.8 Å². The lowest BCUT2D eigenvalue weighted by atomic mass is 9.52. The van der Waals surface area contributed by atoms with Crippen molar-refractivity contribution >= 4 is 45.0 Å². The number of morpholine rings is 1. The van der Waals surface area contributed by atoms with Gasteiger partial charge in [0.2, 0.25) is 5.91 Å². The summed E-state index contributed by atoms with van der Waals surface area (Å²) in [7, 11) is 3.00. The number of carbonyl (C=O) groups is 5. The van der Waals surface area contributed by atoms with Crippen LogP contribution in [0.15, 0.2) is 4.47 Å². The number of hydrogen-bond acceptors (Lipinski definition) is 10. The normalized spacial score (nSPS) is 33.1. The molecule has 1 aromatic rings. The number of aliphatic hydroxyl groups is 1. The zero-order valence-electron chi connectivity index (χ0n) is 21.4. The lowest BCUT2D eigenvalue weighted by Crippen LogP contribution is -2.74. The molecule has 210 valence electrons. The standard InChI is InChI=1S/C26H29BrFN3O8/c1-30(2)19-13-8-10-7-11-15(21(33)17(27)12(18(11)28)9-31-3-5-39-6-4-31)20(32)14(10)23(35)26(13,38)24(36)16(22(19)34)25(29)37/h10,13-14,16,19,33,38H,3-9H2,1-2H3,(H2,29,37)/t10-,13-,14?,16?,19-,26-/m0/s1. The van der Waals surface area contributed by atoms with Gasteiger partial charge in [-0.25, -0.2) is 4.39 Å². The minimum absolute atomic E-state index is 0.0160. The number of carbonyl (C=O) groups excluding carboxylic acids is 5. The fourth-order valence-electron chi connectivity index (χ4n) is 6.84. The number of halogens is 2. The number of phenols is 1. The third-order valence-corrected chi connectivity index (χ3v) is 9.53. The summed E-state index contributed by atoms with van der Waals surface area (Å²) >= 11 is 3.21. The van der Waals surface area contributed by atoms with Gasteiger partial charge in [-0.2, -0.15) is 0 Å². The van der Waals surface area contributed by atoms with Crippen molar-refractivity contribution in [2.45, 2.75) is 31.0 Å². The molecule has 11 nitrogen and oxygen atoms in total. The van der Waals surface area contributed by atoms with Gasteiger partial charge in [0, 0.05) is 36.7 Å². The van der Waals surface area contributed by atoms with E-state index in [1.54, 1.807) is 0 Å². The van der Waals surface area contributed by atoms with E-state index >= 15 is 4.39 Å². The molecule has 4 aliphatic rings. The zero-order valence-corrected chi connectivity index (χ0v) is 23.0. The Balaban J connectivity index is 1.60. The molecule has 1 saturated heterocycles. The summed E-state index contributed by atoms with van der Waals surface area (Å²) in [6, 6.07) is -1.22. The van der Waals surface area contributed by atoms with E-state index in [4.69, 9.17) is 10.5 Å². The molecule has 1 heterocycles. The number of fused-ring (bicyclic) bond motifs is 3. The first-order valence-corrected chi connectivity index (χ1v) is 13.5. The average molecular weight is 610 g/mol. The number of rotatable bonds is 4. The molecule has 2 unspecified atom stereocenters. The SMILES string of the molecule is CN(C)[C@@H]1C(=O)C(C(N)=O)C(=O)[C@@]2(O)C(=O)C3C(=O)c4c(O)c(Br)c(CN5CCOCC5)c(F)c4C[C@H]3C[C@@H]12. The van der Waals surface area contributed by atoms with Crippen molar-refractivity contribution in [3.05, 3.63) is 27.0 Å². The Morgan fingerprint density at radius 1 is 1.21 bits per heavy atom. The first-order valence-electron chi connectivity index (χ1n) is 12.7. The molecule has 1 aliphatic heterocycles. The van der Waals surface area contributed by atoms with Crippen LogP contribution in [-0.2, 0) is 36.9 Å². The lowest BCUT2D eigenvalue weighted by molar-refractivity contribution is -0.181. The first kappa shape index (κ1) is 28.0. The van der Waals surface area contributed by atoms with Crippen molar-refractivity contribution < 1.29 is 43.3 Å². The van der Waals surface area contributed by atoms with E-state index in [0.29, 0.717) is 26.3 Å². The summed E-state index contributed by atoms with van der Waals surface area (Å²) in [5.41, 5.74) is 2.23. The molecular weight excluding hydrogens is 581 g/mol. The van der Waals surface area contributed by atoms with Crippen LogP contribution in [0.25, 0.3) is 0 Å². The van der Waals surface area contributed by atoms with Crippen molar-refractivity contribution in [2.75, 3.05) is 40.4 Å². The Kier molecular flexibility index (Phi) is 7.03. The number of likely N-dealkylation sites (N-methyl/N-ethyl adjacent to an activating group) is 1. The van der Waals surface area contributed by atoms with E-state index in [1.165, 1.54) is 19.0 Å². The second kappa shape index (κ2) is 9.81. The van der Waals surface area contributed by atoms with Gasteiger partial charge in [-0.15, -0.1) is 0 Å². The van der Waals surface area contributed by atoms with Crippen LogP contribution in [0, 0.1) is 29.5 Å². The van der Waals surface area contributed by atoms with Gasteiger partial charge in [0.15, 0.2) is 34.7 Å². The fourth-order valence-corrected chi connectivity index (χ4v) is 7.34. The molecule has 1 aromatic carbocycles.